The fourth-order valence-electron chi connectivity index (χ4n) is 0.277. The minimum absolute atomic E-state index is 0. The summed E-state index contributed by atoms with van der Waals surface area (Å²) in [6.07, 6.45) is 0. The Bertz CT molecular complexity index is 71.7. The van der Waals surface area contributed by atoms with E-state index in [2.05, 4.69) is 9.05 Å². The summed E-state index contributed by atoms with van der Waals surface area (Å²) < 4.78 is 19.6. The molecule has 0 aromatic rings. The summed E-state index contributed by atoms with van der Waals surface area (Å²) in [7, 11) is -2.14. The Balaban J connectivity index is -0.000000245. The van der Waals surface area contributed by atoms with Gasteiger partial charge in [-0.05, 0) is 13.8 Å². The predicted octanol–water partition coefficient (Wildman–Crippen LogP) is -1.72. The van der Waals surface area contributed by atoms with Gasteiger partial charge in [0, 0.05) is 0 Å². The summed E-state index contributed by atoms with van der Waals surface area (Å²) in [6, 6.07) is 0. The predicted molar refractivity (Wildman–Crippen MR) is 34.2 cm³/mol. The maximum Gasteiger partial charge on any atom is 1.00 e. The second-order valence-electron chi connectivity index (χ2n) is 1.12. The van der Waals surface area contributed by atoms with Gasteiger partial charge in [-0.3, -0.25) is 4.57 Å². The third-order valence-corrected chi connectivity index (χ3v) is 1.57. The molecule has 4 nitrogen and oxygen atoms in total. The smallest absolute Gasteiger partial charge is 0.870 e. The van der Waals surface area contributed by atoms with E-state index in [-0.39, 0.29) is 35.0 Å². The van der Waals surface area contributed by atoms with Gasteiger partial charge in [0.2, 0.25) is 0 Å². The molecule has 58 valence electrons. The van der Waals surface area contributed by atoms with Crippen molar-refractivity contribution in [2.24, 2.45) is 0 Å². The molecule has 0 spiro atoms. The summed E-state index contributed by atoms with van der Waals surface area (Å²) in [5, 5.41) is 0. The summed E-state index contributed by atoms with van der Waals surface area (Å²) in [5.74, 6) is 0. The van der Waals surface area contributed by atoms with Crippen LogP contribution < -0.4 is 29.6 Å². The Hall–Kier alpha value is 1.11. The molecule has 10 heavy (non-hydrogen) atoms. The minimum atomic E-state index is -2.14. The molecule has 0 aliphatic carbocycles. The summed E-state index contributed by atoms with van der Waals surface area (Å²) in [6.45, 7) is 4.47. The van der Waals surface area contributed by atoms with Crippen LogP contribution in [0.1, 0.15) is 13.8 Å². The van der Waals surface area contributed by atoms with E-state index in [1.54, 1.807) is 13.8 Å². The van der Waals surface area contributed by atoms with Crippen LogP contribution in [0.3, 0.4) is 0 Å². The van der Waals surface area contributed by atoms with Crippen LogP contribution in [0.4, 0.5) is 0 Å². The van der Waals surface area contributed by atoms with Gasteiger partial charge in [0.1, 0.15) is 0 Å². The third-order valence-electron chi connectivity index (χ3n) is 0.524. The van der Waals surface area contributed by atoms with E-state index in [0.717, 1.165) is 0 Å². The molecule has 0 unspecified atom stereocenters. The van der Waals surface area contributed by atoms with Crippen molar-refractivity contribution in [3.05, 3.63) is 0 Å². The third kappa shape index (κ3) is 11.9. The Kier molecular flexibility index (Phi) is 22.0. The second kappa shape index (κ2) is 12.8. The van der Waals surface area contributed by atoms with Crippen molar-refractivity contribution in [3.63, 3.8) is 0 Å². The van der Waals surface area contributed by atoms with E-state index in [0.29, 0.717) is 13.2 Å². The molecule has 0 radical (unpaired) electrons. The summed E-state index contributed by atoms with van der Waals surface area (Å²) in [5.41, 5.74) is 0. The Morgan fingerprint density at radius 1 is 1.20 bits per heavy atom. The van der Waals surface area contributed by atoms with E-state index >= 15 is 0 Å². The largest absolute Gasteiger partial charge is 1.00 e. The van der Waals surface area contributed by atoms with Crippen molar-refractivity contribution in [1.82, 2.24) is 0 Å². The van der Waals surface area contributed by atoms with E-state index < -0.39 is 8.25 Å². The molecule has 0 aliphatic heterocycles. The van der Waals surface area contributed by atoms with Crippen LogP contribution in [0.25, 0.3) is 0 Å². The number of rotatable bonds is 4. The van der Waals surface area contributed by atoms with E-state index in [1.165, 1.54) is 0 Å². The molecule has 0 saturated carbocycles. The van der Waals surface area contributed by atoms with Crippen LogP contribution in [-0.2, 0) is 13.6 Å². The first-order chi connectivity index (χ1) is 3.81. The van der Waals surface area contributed by atoms with E-state index in [4.69, 9.17) is 0 Å². The molecule has 0 aliphatic rings. The Labute approximate surface area is 83.8 Å². The Morgan fingerprint density at radius 3 is 1.70 bits per heavy atom. The number of hydrogen-bond acceptors (Lipinski definition) is 4. The summed E-state index contributed by atoms with van der Waals surface area (Å²) >= 11 is 0. The fourth-order valence-corrected chi connectivity index (χ4v) is 0.832. The molecule has 0 aromatic heterocycles. The topological polar surface area (TPSA) is 65.5 Å². The SMILES string of the molecule is CCO[PH](=O)OCC.[Na+].[OH-]. The van der Waals surface area contributed by atoms with Gasteiger partial charge in [-0.15, -0.1) is 0 Å². The van der Waals surface area contributed by atoms with Crippen molar-refractivity contribution in [1.29, 1.82) is 0 Å². The fraction of sp³-hybridized carbons (Fsp3) is 1.00. The normalized spacial score (nSPS) is 8.30. The van der Waals surface area contributed by atoms with Crippen LogP contribution in [0.5, 0.6) is 0 Å². The average molecular weight is 178 g/mol. The molecule has 0 bridgehead atoms. The van der Waals surface area contributed by atoms with Crippen molar-refractivity contribution in [2.75, 3.05) is 13.2 Å². The van der Waals surface area contributed by atoms with Gasteiger partial charge >= 0.3 is 37.8 Å². The van der Waals surface area contributed by atoms with Crippen molar-refractivity contribution < 1.29 is 48.6 Å². The first kappa shape index (κ1) is 17.3. The molecular weight excluding hydrogens is 166 g/mol. The first-order valence-electron chi connectivity index (χ1n) is 2.60. The van der Waals surface area contributed by atoms with Crippen LogP contribution in [0.15, 0.2) is 0 Å². The monoisotopic (exact) mass is 178 g/mol. The van der Waals surface area contributed by atoms with Gasteiger partial charge in [-0.25, -0.2) is 0 Å². The molecule has 6 heteroatoms. The molecule has 0 aromatic carbocycles. The zero-order chi connectivity index (χ0) is 6.41. The molecule has 0 heterocycles. The second-order valence-corrected chi connectivity index (χ2v) is 2.19. The molecule has 0 fully saturated rings. The van der Waals surface area contributed by atoms with Crippen LogP contribution in [-0.4, -0.2) is 18.7 Å². The van der Waals surface area contributed by atoms with Crippen molar-refractivity contribution >= 4 is 8.25 Å². The molecule has 1 N–H and O–H groups in total. The standard InChI is InChI=1S/C4H11O3P.Na.H2O/c1-3-6-8(5)7-4-2;;/h8H,3-4H2,1-2H3;;1H2/q;+1;/p-1. The van der Waals surface area contributed by atoms with Gasteiger partial charge in [-0.2, -0.15) is 0 Å². The van der Waals surface area contributed by atoms with Crippen LogP contribution in [0.2, 0.25) is 0 Å². The number of hydrogen-bond donors (Lipinski definition) is 0. The summed E-state index contributed by atoms with van der Waals surface area (Å²) in [4.78, 5) is 0. The molecule has 0 atom stereocenters. The molecule has 0 rings (SSSR count). The van der Waals surface area contributed by atoms with Gasteiger partial charge in [0.05, 0.1) is 13.2 Å². The molecule has 0 saturated heterocycles. The van der Waals surface area contributed by atoms with E-state index in [1.807, 2.05) is 0 Å². The van der Waals surface area contributed by atoms with Gasteiger partial charge in [0.25, 0.3) is 0 Å². The van der Waals surface area contributed by atoms with Gasteiger partial charge in [-0.1, -0.05) is 0 Å². The maximum absolute atomic E-state index is 10.4. The zero-order valence-corrected chi connectivity index (χ0v) is 9.59. The van der Waals surface area contributed by atoms with E-state index in [9.17, 15) is 4.57 Å². The van der Waals surface area contributed by atoms with Crippen molar-refractivity contribution in [3.8, 4) is 0 Å². The maximum atomic E-state index is 10.4. The molecular formula is C4H12NaO4P. The van der Waals surface area contributed by atoms with Crippen molar-refractivity contribution in [2.45, 2.75) is 13.8 Å². The van der Waals surface area contributed by atoms with Gasteiger partial charge < -0.3 is 14.5 Å². The first-order valence-corrected chi connectivity index (χ1v) is 3.83. The minimum Gasteiger partial charge on any atom is -0.870 e. The average Bonchev–Trinajstić information content (AvgIpc) is 1.68. The zero-order valence-electron chi connectivity index (χ0n) is 6.59. The quantitative estimate of drug-likeness (QED) is 0.379. The van der Waals surface area contributed by atoms with Crippen LogP contribution in [0, 0.1) is 0 Å². The Morgan fingerprint density at radius 2 is 1.50 bits per heavy atom. The molecule has 0 amide bonds. The van der Waals surface area contributed by atoms with Gasteiger partial charge in [0.15, 0.2) is 0 Å². The van der Waals surface area contributed by atoms with Crippen LogP contribution >= 0.6 is 8.25 Å².